The second-order valence-corrected chi connectivity index (χ2v) is 3.32. The molecule has 0 amide bonds. The molecular weight excluding hydrogens is 198 g/mol. The average molecular weight is 220 g/mol. The fraction of sp³-hybridized carbons (Fsp3) is 1.00. The van der Waals surface area contributed by atoms with Crippen LogP contribution in [0.3, 0.4) is 0 Å². The van der Waals surface area contributed by atoms with Gasteiger partial charge in [0, 0.05) is 0 Å². The molecule has 0 aliphatic carbocycles. The van der Waals surface area contributed by atoms with Crippen molar-refractivity contribution in [3.8, 4) is 0 Å². The fourth-order valence-corrected chi connectivity index (χ4v) is 1.24. The highest BCUT2D eigenvalue weighted by atomic mass is 16.6. The van der Waals surface area contributed by atoms with E-state index < -0.39 is 0 Å². The van der Waals surface area contributed by atoms with E-state index in [0.29, 0.717) is 39.6 Å². The molecule has 1 fully saturated rings. The van der Waals surface area contributed by atoms with Crippen LogP contribution in [0.25, 0.3) is 0 Å². The first-order valence-corrected chi connectivity index (χ1v) is 5.63. The normalized spacial score (nSPS) is 24.0. The van der Waals surface area contributed by atoms with E-state index in [1.54, 1.807) is 0 Å². The quantitative estimate of drug-likeness (QED) is 0.547. The Kier molecular flexibility index (Phi) is 8.85. The Morgan fingerprint density at radius 2 is 0.800 bits per heavy atom. The van der Waals surface area contributed by atoms with E-state index >= 15 is 0 Å². The first kappa shape index (κ1) is 12.9. The van der Waals surface area contributed by atoms with Crippen LogP contribution in [0, 0.1) is 0 Å². The molecule has 1 rings (SSSR count). The molecule has 15 heavy (non-hydrogen) atoms. The molecule has 0 aromatic rings. The SMILES string of the molecule is C1COCCOCCOCCOCC[NH2+]1. The van der Waals surface area contributed by atoms with E-state index in [2.05, 4.69) is 5.32 Å². The van der Waals surface area contributed by atoms with Gasteiger partial charge in [-0.15, -0.1) is 0 Å². The maximum Gasteiger partial charge on any atom is 0.0993 e. The molecule has 1 heterocycles. The van der Waals surface area contributed by atoms with Gasteiger partial charge in [0.05, 0.1) is 65.9 Å². The Morgan fingerprint density at radius 3 is 1.20 bits per heavy atom. The first-order chi connectivity index (χ1) is 7.50. The molecule has 0 unspecified atom stereocenters. The van der Waals surface area contributed by atoms with Crippen molar-refractivity contribution in [1.82, 2.24) is 0 Å². The molecule has 5 nitrogen and oxygen atoms in total. The predicted octanol–water partition coefficient (Wildman–Crippen LogP) is -1.37. The van der Waals surface area contributed by atoms with Crippen LogP contribution in [-0.2, 0) is 18.9 Å². The zero-order valence-electron chi connectivity index (χ0n) is 9.28. The Balaban J connectivity index is 2.01. The summed E-state index contributed by atoms with van der Waals surface area (Å²) >= 11 is 0. The van der Waals surface area contributed by atoms with Gasteiger partial charge in [-0.2, -0.15) is 0 Å². The number of rotatable bonds is 0. The van der Waals surface area contributed by atoms with E-state index in [-0.39, 0.29) is 0 Å². The van der Waals surface area contributed by atoms with Gasteiger partial charge in [-0.1, -0.05) is 0 Å². The van der Waals surface area contributed by atoms with Crippen LogP contribution in [0.15, 0.2) is 0 Å². The summed E-state index contributed by atoms with van der Waals surface area (Å²) < 4.78 is 21.4. The third kappa shape index (κ3) is 8.77. The lowest BCUT2D eigenvalue weighted by molar-refractivity contribution is -0.657. The van der Waals surface area contributed by atoms with E-state index in [0.717, 1.165) is 26.3 Å². The van der Waals surface area contributed by atoms with Crippen molar-refractivity contribution in [3.05, 3.63) is 0 Å². The molecule has 0 spiro atoms. The van der Waals surface area contributed by atoms with Crippen molar-refractivity contribution in [3.63, 3.8) is 0 Å². The average Bonchev–Trinajstić information content (AvgIpc) is 2.27. The van der Waals surface area contributed by atoms with Crippen LogP contribution in [0.2, 0.25) is 0 Å². The van der Waals surface area contributed by atoms with E-state index in [1.807, 2.05) is 0 Å². The molecule has 0 bridgehead atoms. The Hall–Kier alpha value is -0.200. The summed E-state index contributed by atoms with van der Waals surface area (Å²) in [5, 5.41) is 2.20. The summed E-state index contributed by atoms with van der Waals surface area (Å²) in [5.74, 6) is 0. The molecule has 0 aromatic heterocycles. The van der Waals surface area contributed by atoms with Crippen molar-refractivity contribution >= 4 is 0 Å². The predicted molar refractivity (Wildman–Crippen MR) is 54.9 cm³/mol. The van der Waals surface area contributed by atoms with E-state index in [1.165, 1.54) is 0 Å². The molecule has 2 N–H and O–H groups in total. The zero-order chi connectivity index (χ0) is 10.6. The number of hydrogen-bond acceptors (Lipinski definition) is 4. The second kappa shape index (κ2) is 10.3. The fourth-order valence-electron chi connectivity index (χ4n) is 1.24. The number of quaternary nitrogens is 1. The van der Waals surface area contributed by atoms with Crippen molar-refractivity contribution in [1.29, 1.82) is 0 Å². The maximum absolute atomic E-state index is 5.37. The lowest BCUT2D eigenvalue weighted by Crippen LogP contribution is -2.86. The lowest BCUT2D eigenvalue weighted by atomic mass is 10.6. The first-order valence-electron chi connectivity index (χ1n) is 5.63. The minimum atomic E-state index is 0.634. The van der Waals surface area contributed by atoms with Gasteiger partial charge in [-0.3, -0.25) is 0 Å². The van der Waals surface area contributed by atoms with Gasteiger partial charge in [0.1, 0.15) is 0 Å². The second-order valence-electron chi connectivity index (χ2n) is 3.32. The number of nitrogens with two attached hydrogens (primary N) is 1. The molecule has 1 aliphatic rings. The highest BCUT2D eigenvalue weighted by Crippen LogP contribution is 1.82. The monoisotopic (exact) mass is 220 g/mol. The van der Waals surface area contributed by atoms with Crippen molar-refractivity contribution in [2.24, 2.45) is 0 Å². The Morgan fingerprint density at radius 1 is 0.467 bits per heavy atom. The molecule has 0 radical (unpaired) electrons. The highest BCUT2D eigenvalue weighted by Gasteiger charge is 1.96. The van der Waals surface area contributed by atoms with Gasteiger partial charge in [-0.05, 0) is 0 Å². The Bertz CT molecular complexity index is 76.0. The molecule has 90 valence electrons. The van der Waals surface area contributed by atoms with Gasteiger partial charge >= 0.3 is 0 Å². The molecule has 0 atom stereocenters. The van der Waals surface area contributed by atoms with Crippen molar-refractivity contribution in [2.45, 2.75) is 0 Å². The van der Waals surface area contributed by atoms with Gasteiger partial charge in [0.25, 0.3) is 0 Å². The standard InChI is InChI=1S/C10H21NO4/c1-3-12-5-7-14-9-10-15-8-6-13-4-2-11-1/h11H,1-10H2/p+1. The zero-order valence-corrected chi connectivity index (χ0v) is 9.28. The summed E-state index contributed by atoms with van der Waals surface area (Å²) in [4.78, 5) is 0. The lowest BCUT2D eigenvalue weighted by Gasteiger charge is -2.05. The molecule has 0 aromatic carbocycles. The largest absolute Gasteiger partial charge is 0.377 e. The topological polar surface area (TPSA) is 53.5 Å². The summed E-state index contributed by atoms with van der Waals surface area (Å²) in [7, 11) is 0. The van der Waals surface area contributed by atoms with Gasteiger partial charge in [0.15, 0.2) is 0 Å². The van der Waals surface area contributed by atoms with Crippen LogP contribution in [0.1, 0.15) is 0 Å². The molecule has 5 heteroatoms. The molecule has 1 aliphatic heterocycles. The number of hydrogen-bond donors (Lipinski definition) is 1. The van der Waals surface area contributed by atoms with Crippen LogP contribution in [-0.4, -0.2) is 65.9 Å². The van der Waals surface area contributed by atoms with Crippen LogP contribution in [0.4, 0.5) is 0 Å². The summed E-state index contributed by atoms with van der Waals surface area (Å²) in [5.41, 5.74) is 0. The van der Waals surface area contributed by atoms with Crippen LogP contribution < -0.4 is 5.32 Å². The third-order valence-corrected chi connectivity index (χ3v) is 2.05. The Labute approximate surface area is 91.0 Å². The summed E-state index contributed by atoms with van der Waals surface area (Å²) in [6, 6.07) is 0. The smallest absolute Gasteiger partial charge is 0.0993 e. The molecular formula is C10H22NO4+. The maximum atomic E-state index is 5.37. The van der Waals surface area contributed by atoms with Crippen molar-refractivity contribution < 1.29 is 24.3 Å². The van der Waals surface area contributed by atoms with Crippen LogP contribution >= 0.6 is 0 Å². The third-order valence-electron chi connectivity index (χ3n) is 2.05. The number of ether oxygens (including phenoxy) is 4. The minimum absolute atomic E-state index is 0.634. The minimum Gasteiger partial charge on any atom is -0.377 e. The van der Waals surface area contributed by atoms with Gasteiger partial charge < -0.3 is 24.3 Å². The van der Waals surface area contributed by atoms with E-state index in [4.69, 9.17) is 18.9 Å². The van der Waals surface area contributed by atoms with Gasteiger partial charge in [0.2, 0.25) is 0 Å². The summed E-state index contributed by atoms with van der Waals surface area (Å²) in [6.07, 6.45) is 0. The van der Waals surface area contributed by atoms with E-state index in [9.17, 15) is 0 Å². The van der Waals surface area contributed by atoms with Crippen LogP contribution in [0.5, 0.6) is 0 Å². The molecule has 1 saturated heterocycles. The van der Waals surface area contributed by atoms with Crippen molar-refractivity contribution in [2.75, 3.05) is 65.9 Å². The molecule has 0 saturated carbocycles. The highest BCUT2D eigenvalue weighted by molar-refractivity contribution is 4.36. The summed E-state index contributed by atoms with van der Waals surface area (Å²) in [6.45, 7) is 7.44. The van der Waals surface area contributed by atoms with Gasteiger partial charge in [-0.25, -0.2) is 0 Å².